The summed E-state index contributed by atoms with van der Waals surface area (Å²) in [5.74, 6) is -3.34. The molecule has 1 N–H and O–H groups in total. The lowest BCUT2D eigenvalue weighted by Gasteiger charge is -2.38. The minimum absolute atomic E-state index is 0.146. The summed E-state index contributed by atoms with van der Waals surface area (Å²) in [6, 6.07) is 0.539. The molecule has 1 aliphatic heterocycles. The molecular weight excluding hydrogens is 362 g/mol. The van der Waals surface area contributed by atoms with E-state index in [0.29, 0.717) is 0 Å². The van der Waals surface area contributed by atoms with Gasteiger partial charge >= 0.3 is 5.97 Å². The molecule has 1 aromatic heterocycles. The van der Waals surface area contributed by atoms with E-state index in [1.807, 2.05) is 0 Å². The van der Waals surface area contributed by atoms with Gasteiger partial charge in [-0.05, 0) is 19.9 Å². The fourth-order valence-corrected chi connectivity index (χ4v) is 3.44. The van der Waals surface area contributed by atoms with Gasteiger partial charge in [-0.25, -0.2) is 13.6 Å². The highest BCUT2D eigenvalue weighted by molar-refractivity contribution is 5.93. The summed E-state index contributed by atoms with van der Waals surface area (Å²) in [6.45, 7) is 4.13. The van der Waals surface area contributed by atoms with Gasteiger partial charge < -0.3 is 14.6 Å². The van der Waals surface area contributed by atoms with Crippen LogP contribution in [0.25, 0.3) is 10.9 Å². The lowest BCUT2D eigenvalue weighted by atomic mass is 10.1. The third-order valence-electron chi connectivity index (χ3n) is 4.81. The van der Waals surface area contributed by atoms with Crippen LogP contribution in [0.1, 0.15) is 24.2 Å². The molecule has 1 unspecified atom stereocenters. The van der Waals surface area contributed by atoms with E-state index in [1.165, 1.54) is 14.5 Å². The lowest BCUT2D eigenvalue weighted by Crippen LogP contribution is -2.50. The number of aromatic carboxylic acids is 1. The average Bonchev–Trinajstić information content (AvgIpc) is 2.62. The summed E-state index contributed by atoms with van der Waals surface area (Å²) < 4.78 is 31.3. The van der Waals surface area contributed by atoms with Gasteiger partial charge in [0.05, 0.1) is 28.8 Å². The minimum atomic E-state index is -1.46. The predicted molar refractivity (Wildman–Crippen MR) is 94.9 cm³/mol. The Balaban J connectivity index is 2.22. The first-order chi connectivity index (χ1) is 12.8. The van der Waals surface area contributed by atoms with E-state index in [0.717, 1.165) is 12.3 Å². The molecule has 0 bridgehead atoms. The largest absolute Gasteiger partial charge is 0.477 e. The van der Waals surface area contributed by atoms with E-state index in [9.17, 15) is 24.0 Å². The molecular formula is C17H18F2N4O4. The first-order valence-corrected chi connectivity index (χ1v) is 8.43. The van der Waals surface area contributed by atoms with E-state index < -0.39 is 28.6 Å². The zero-order chi connectivity index (χ0) is 19.9. The maximum Gasteiger partial charge on any atom is 0.341 e. The maximum absolute atomic E-state index is 15.3. The van der Waals surface area contributed by atoms with Gasteiger partial charge in [0.15, 0.2) is 5.82 Å². The molecule has 0 saturated carbocycles. The van der Waals surface area contributed by atoms with Crippen molar-refractivity contribution in [3.05, 3.63) is 44.6 Å². The number of nitrogens with zero attached hydrogens (tertiary/aromatic N) is 4. The summed E-state index contributed by atoms with van der Waals surface area (Å²) in [7, 11) is 0. The topological polar surface area (TPSA) is 95.2 Å². The van der Waals surface area contributed by atoms with Gasteiger partial charge in [0.25, 0.3) is 0 Å². The Labute approximate surface area is 152 Å². The fraction of sp³-hybridized carbons (Fsp3) is 0.412. The quantitative estimate of drug-likeness (QED) is 0.817. The highest BCUT2D eigenvalue weighted by Crippen LogP contribution is 2.31. The molecule has 1 aliphatic rings. The first-order valence-electron chi connectivity index (χ1n) is 8.43. The number of carboxylic acids is 1. The molecule has 0 radical (unpaired) electrons. The average molecular weight is 380 g/mol. The molecule has 3 rings (SSSR count). The van der Waals surface area contributed by atoms with Crippen molar-refractivity contribution in [1.29, 1.82) is 0 Å². The van der Waals surface area contributed by atoms with Crippen LogP contribution >= 0.6 is 0 Å². The molecule has 27 heavy (non-hydrogen) atoms. The number of hydrogen-bond donors (Lipinski definition) is 1. The number of benzene rings is 1. The van der Waals surface area contributed by atoms with Crippen LogP contribution in [0.5, 0.6) is 0 Å². The van der Waals surface area contributed by atoms with E-state index in [-0.39, 0.29) is 48.8 Å². The number of hydrogen-bond acceptors (Lipinski definition) is 5. The van der Waals surface area contributed by atoms with Gasteiger partial charge in [-0.1, -0.05) is 0 Å². The van der Waals surface area contributed by atoms with Gasteiger partial charge in [-0.15, -0.1) is 4.91 Å². The number of piperazine rings is 1. The van der Waals surface area contributed by atoms with Gasteiger partial charge in [0, 0.05) is 25.8 Å². The predicted octanol–water partition coefficient (Wildman–Crippen LogP) is 2.19. The van der Waals surface area contributed by atoms with Crippen molar-refractivity contribution in [1.82, 2.24) is 9.58 Å². The smallest absolute Gasteiger partial charge is 0.341 e. The summed E-state index contributed by atoms with van der Waals surface area (Å²) in [4.78, 5) is 35.9. The summed E-state index contributed by atoms with van der Waals surface area (Å²) in [6.07, 6.45) is 1.06. The SMILES string of the molecule is CCn1cc(C(=O)O)c(=O)c2cc(F)c(N3CCN(N=O)C(C)C3)c(F)c21. The zero-order valence-corrected chi connectivity index (χ0v) is 14.8. The monoisotopic (exact) mass is 380 g/mol. The Morgan fingerprint density at radius 2 is 2.07 bits per heavy atom. The molecule has 2 aromatic rings. The molecule has 1 fully saturated rings. The number of halogens is 2. The number of carboxylic acid groups (broad SMARTS) is 1. The van der Waals surface area contributed by atoms with Crippen LogP contribution in [-0.4, -0.2) is 46.3 Å². The van der Waals surface area contributed by atoms with Crippen molar-refractivity contribution in [2.24, 2.45) is 5.29 Å². The fourth-order valence-electron chi connectivity index (χ4n) is 3.44. The molecule has 144 valence electrons. The number of fused-ring (bicyclic) bond motifs is 1. The summed E-state index contributed by atoms with van der Waals surface area (Å²) >= 11 is 0. The first kappa shape index (κ1) is 18.7. The summed E-state index contributed by atoms with van der Waals surface area (Å²) in [5, 5.41) is 13.0. The van der Waals surface area contributed by atoms with Gasteiger partial charge in [-0.3, -0.25) is 9.80 Å². The molecule has 10 heteroatoms. The zero-order valence-electron chi connectivity index (χ0n) is 14.8. The normalized spacial score (nSPS) is 17.4. The molecule has 1 atom stereocenters. The molecule has 1 saturated heterocycles. The van der Waals surface area contributed by atoms with E-state index in [2.05, 4.69) is 5.29 Å². The molecule has 0 aliphatic carbocycles. The van der Waals surface area contributed by atoms with Crippen LogP contribution in [0.4, 0.5) is 14.5 Å². The van der Waals surface area contributed by atoms with Crippen molar-refractivity contribution in [2.75, 3.05) is 24.5 Å². The van der Waals surface area contributed by atoms with Crippen molar-refractivity contribution < 1.29 is 18.7 Å². The number of nitroso groups, excluding NO2 is 1. The number of aromatic nitrogens is 1. The van der Waals surface area contributed by atoms with Crippen LogP contribution in [0.2, 0.25) is 0 Å². The van der Waals surface area contributed by atoms with Crippen LogP contribution in [0.3, 0.4) is 0 Å². The Kier molecular flexibility index (Phi) is 4.81. The molecule has 2 heterocycles. The van der Waals surface area contributed by atoms with Gasteiger partial charge in [0.2, 0.25) is 5.43 Å². The standard InChI is InChI=1S/C17H18F2N4O4/c1-3-21-8-11(17(25)26)16(24)10-6-12(18)15(13(19)14(10)21)22-4-5-23(20-27)9(2)7-22/h6,8-9H,3-5,7H2,1-2H3,(H,25,26). The Morgan fingerprint density at radius 3 is 2.63 bits per heavy atom. The highest BCUT2D eigenvalue weighted by atomic mass is 19.1. The molecule has 0 spiro atoms. The number of anilines is 1. The second-order valence-corrected chi connectivity index (χ2v) is 6.42. The van der Waals surface area contributed by atoms with E-state index in [4.69, 9.17) is 0 Å². The molecule has 0 amide bonds. The number of aryl methyl sites for hydroxylation is 1. The van der Waals surface area contributed by atoms with Crippen molar-refractivity contribution in [2.45, 2.75) is 26.4 Å². The van der Waals surface area contributed by atoms with E-state index in [1.54, 1.807) is 13.8 Å². The lowest BCUT2D eigenvalue weighted by molar-refractivity contribution is 0.0695. The third-order valence-corrected chi connectivity index (χ3v) is 4.81. The van der Waals surface area contributed by atoms with Crippen LogP contribution in [0, 0.1) is 16.5 Å². The van der Waals surface area contributed by atoms with Crippen molar-refractivity contribution in [3.63, 3.8) is 0 Å². The van der Waals surface area contributed by atoms with Crippen LogP contribution in [0.15, 0.2) is 22.3 Å². The Morgan fingerprint density at radius 1 is 1.37 bits per heavy atom. The van der Waals surface area contributed by atoms with Crippen molar-refractivity contribution >= 4 is 22.6 Å². The van der Waals surface area contributed by atoms with Crippen LogP contribution < -0.4 is 10.3 Å². The second kappa shape index (κ2) is 6.93. The van der Waals surface area contributed by atoms with E-state index >= 15 is 4.39 Å². The molecule has 8 nitrogen and oxygen atoms in total. The number of rotatable bonds is 4. The third kappa shape index (κ3) is 3.00. The van der Waals surface area contributed by atoms with Crippen molar-refractivity contribution in [3.8, 4) is 0 Å². The Bertz CT molecular complexity index is 991. The van der Waals surface area contributed by atoms with Gasteiger partial charge in [-0.2, -0.15) is 0 Å². The minimum Gasteiger partial charge on any atom is -0.477 e. The Hall–Kier alpha value is -3.04. The van der Waals surface area contributed by atoms with Gasteiger partial charge in [0.1, 0.15) is 17.1 Å². The second-order valence-electron chi connectivity index (χ2n) is 6.42. The van der Waals surface area contributed by atoms with Crippen LogP contribution in [-0.2, 0) is 6.54 Å². The maximum atomic E-state index is 15.3. The number of pyridine rings is 1. The highest BCUT2D eigenvalue weighted by Gasteiger charge is 2.30. The number of carbonyl (C=O) groups is 1. The molecule has 1 aromatic carbocycles. The summed E-state index contributed by atoms with van der Waals surface area (Å²) in [5.41, 5.74) is -1.93.